The van der Waals surface area contributed by atoms with Gasteiger partial charge in [0.2, 0.25) is 5.88 Å². The Labute approximate surface area is 106 Å². The lowest BCUT2D eigenvalue weighted by Crippen LogP contribution is -2.22. The van der Waals surface area contributed by atoms with Crippen LogP contribution >= 0.6 is 0 Å². The highest BCUT2D eigenvalue weighted by Crippen LogP contribution is 2.32. The normalized spacial score (nSPS) is 11.1. The van der Waals surface area contributed by atoms with E-state index in [9.17, 15) is 18.0 Å². The number of pyridine rings is 1. The molecule has 0 amide bonds. The predicted molar refractivity (Wildman–Crippen MR) is 56.7 cm³/mol. The third-order valence-electron chi connectivity index (χ3n) is 2.05. The number of alkyl halides is 3. The number of esters is 1. The molecule has 0 aromatic carbocycles. The first-order valence-corrected chi connectivity index (χ1v) is 4.94. The highest BCUT2D eigenvalue weighted by atomic mass is 19.4. The molecule has 0 saturated heterocycles. The molecule has 6 nitrogen and oxygen atoms in total. The van der Waals surface area contributed by atoms with Crippen molar-refractivity contribution in [3.05, 3.63) is 17.3 Å². The second-order valence-electron chi connectivity index (χ2n) is 3.23. The number of hydrogen-bond donors (Lipinski definition) is 1. The minimum atomic E-state index is -4.98. The number of carbonyl (C=O) groups is 1. The van der Waals surface area contributed by atoms with Crippen molar-refractivity contribution in [1.82, 2.24) is 4.98 Å². The zero-order valence-electron chi connectivity index (χ0n) is 10.1. The van der Waals surface area contributed by atoms with E-state index in [2.05, 4.69) is 14.5 Å². The van der Waals surface area contributed by atoms with E-state index in [1.165, 1.54) is 7.11 Å². The van der Waals surface area contributed by atoms with Crippen molar-refractivity contribution >= 4 is 5.97 Å². The van der Waals surface area contributed by atoms with Crippen LogP contribution in [0, 0.1) is 0 Å². The average Bonchev–Trinajstić information content (AvgIpc) is 2.36. The van der Waals surface area contributed by atoms with E-state index >= 15 is 0 Å². The Balaban J connectivity index is 3.41. The minimum absolute atomic E-state index is 0.0737. The molecule has 0 aliphatic carbocycles. The fraction of sp³-hybridized carbons (Fsp3) is 0.400. The molecule has 9 heteroatoms. The first kappa shape index (κ1) is 15.0. The van der Waals surface area contributed by atoms with E-state index in [1.807, 2.05) is 0 Å². The van der Waals surface area contributed by atoms with Crippen molar-refractivity contribution < 1.29 is 32.2 Å². The Morgan fingerprint density at radius 3 is 2.47 bits per heavy atom. The van der Waals surface area contributed by atoms with Crippen LogP contribution in [-0.2, 0) is 11.3 Å². The topological polar surface area (TPSA) is 83.7 Å². The van der Waals surface area contributed by atoms with Gasteiger partial charge >= 0.3 is 12.3 Å². The lowest BCUT2D eigenvalue weighted by Gasteiger charge is -2.15. The largest absolute Gasteiger partial charge is 0.573 e. The van der Waals surface area contributed by atoms with Gasteiger partial charge in [0.1, 0.15) is 11.3 Å². The van der Waals surface area contributed by atoms with E-state index in [1.54, 1.807) is 0 Å². The summed E-state index contributed by atoms with van der Waals surface area (Å²) in [5.41, 5.74) is 4.55. The molecule has 0 radical (unpaired) electrons. The van der Waals surface area contributed by atoms with Crippen LogP contribution in [0.1, 0.15) is 16.1 Å². The van der Waals surface area contributed by atoms with Crippen LogP contribution in [0.4, 0.5) is 13.2 Å². The Morgan fingerprint density at radius 1 is 1.42 bits per heavy atom. The van der Waals surface area contributed by atoms with Gasteiger partial charge in [0.25, 0.3) is 0 Å². The van der Waals surface area contributed by atoms with Crippen LogP contribution in [0.15, 0.2) is 6.07 Å². The maximum Gasteiger partial charge on any atom is 0.573 e. The van der Waals surface area contributed by atoms with Gasteiger partial charge in [0.15, 0.2) is 5.75 Å². The fourth-order valence-corrected chi connectivity index (χ4v) is 1.29. The number of hydrogen-bond acceptors (Lipinski definition) is 6. The minimum Gasteiger partial charge on any atom is -0.481 e. The maximum absolute atomic E-state index is 12.3. The molecule has 0 atom stereocenters. The van der Waals surface area contributed by atoms with Crippen molar-refractivity contribution in [3.63, 3.8) is 0 Å². The van der Waals surface area contributed by atoms with Crippen LogP contribution in [0.2, 0.25) is 0 Å². The van der Waals surface area contributed by atoms with Gasteiger partial charge in [0.05, 0.1) is 14.2 Å². The lowest BCUT2D eigenvalue weighted by molar-refractivity contribution is -0.275. The highest BCUT2D eigenvalue weighted by Gasteiger charge is 2.35. The molecule has 0 bridgehead atoms. The van der Waals surface area contributed by atoms with Crippen LogP contribution < -0.4 is 15.2 Å². The maximum atomic E-state index is 12.3. The monoisotopic (exact) mass is 280 g/mol. The molecule has 0 aliphatic heterocycles. The summed E-state index contributed by atoms with van der Waals surface area (Å²) in [6, 6.07) is 0.978. The van der Waals surface area contributed by atoms with Crippen molar-refractivity contribution in [2.75, 3.05) is 14.2 Å². The molecule has 2 N–H and O–H groups in total. The summed E-state index contributed by atoms with van der Waals surface area (Å²) < 4.78 is 49.9. The smallest absolute Gasteiger partial charge is 0.481 e. The van der Waals surface area contributed by atoms with Gasteiger partial charge < -0.3 is 19.9 Å². The second-order valence-corrected chi connectivity index (χ2v) is 3.23. The summed E-state index contributed by atoms with van der Waals surface area (Å²) in [7, 11) is 2.27. The van der Waals surface area contributed by atoms with Gasteiger partial charge in [-0.15, -0.1) is 13.2 Å². The Hall–Kier alpha value is -2.03. The third kappa shape index (κ3) is 3.71. The Kier molecular flexibility index (Phi) is 4.54. The lowest BCUT2D eigenvalue weighted by atomic mass is 10.2. The third-order valence-corrected chi connectivity index (χ3v) is 2.05. The van der Waals surface area contributed by atoms with Crippen LogP contribution in [0.3, 0.4) is 0 Å². The SMILES string of the molecule is COC(=O)c1cc(OC)nc(CN)c1OC(F)(F)F. The van der Waals surface area contributed by atoms with Crippen molar-refractivity contribution in [2.24, 2.45) is 5.73 Å². The number of aromatic nitrogens is 1. The summed E-state index contributed by atoms with van der Waals surface area (Å²) in [6.07, 6.45) is -4.98. The molecule has 1 aromatic heterocycles. The molecular formula is C10H11F3N2O4. The number of rotatable bonds is 4. The Bertz CT molecular complexity index is 477. The standard InChI is InChI=1S/C10H11F3N2O4/c1-17-7-3-5(9(16)18-2)8(6(4-14)15-7)19-10(11,12)13/h3H,4,14H2,1-2H3. The van der Waals surface area contributed by atoms with Gasteiger partial charge in [-0.2, -0.15) is 0 Å². The van der Waals surface area contributed by atoms with Crippen LogP contribution in [0.25, 0.3) is 0 Å². The highest BCUT2D eigenvalue weighted by molar-refractivity contribution is 5.93. The predicted octanol–water partition coefficient (Wildman–Crippen LogP) is 1.23. The molecule has 1 rings (SSSR count). The number of ether oxygens (including phenoxy) is 3. The van der Waals surface area contributed by atoms with Gasteiger partial charge in [-0.3, -0.25) is 0 Å². The molecule has 106 valence electrons. The number of methoxy groups -OCH3 is 2. The van der Waals surface area contributed by atoms with Gasteiger partial charge in [0, 0.05) is 12.6 Å². The van der Waals surface area contributed by atoms with Gasteiger partial charge in [-0.1, -0.05) is 0 Å². The molecular weight excluding hydrogens is 269 g/mol. The average molecular weight is 280 g/mol. The van der Waals surface area contributed by atoms with E-state index < -0.39 is 23.6 Å². The van der Waals surface area contributed by atoms with Gasteiger partial charge in [-0.25, -0.2) is 9.78 Å². The summed E-state index contributed by atoms with van der Waals surface area (Å²) in [4.78, 5) is 15.2. The molecule has 1 aromatic rings. The summed E-state index contributed by atoms with van der Waals surface area (Å²) in [5.74, 6) is -1.88. The number of nitrogens with two attached hydrogens (primary N) is 1. The van der Waals surface area contributed by atoms with Gasteiger partial charge in [-0.05, 0) is 0 Å². The first-order chi connectivity index (χ1) is 8.82. The zero-order valence-corrected chi connectivity index (χ0v) is 10.1. The number of halogens is 3. The van der Waals surface area contributed by atoms with E-state index in [-0.39, 0.29) is 18.1 Å². The molecule has 19 heavy (non-hydrogen) atoms. The van der Waals surface area contributed by atoms with E-state index in [4.69, 9.17) is 10.5 Å². The molecule has 0 unspecified atom stereocenters. The molecule has 0 saturated carbocycles. The molecule has 0 spiro atoms. The summed E-state index contributed by atoms with van der Waals surface area (Å²) in [5, 5.41) is 0. The zero-order chi connectivity index (χ0) is 14.6. The molecule has 0 fully saturated rings. The summed E-state index contributed by atoms with van der Waals surface area (Å²) in [6.45, 7) is -0.368. The number of nitrogens with zero attached hydrogens (tertiary/aromatic N) is 1. The summed E-state index contributed by atoms with van der Waals surface area (Å²) >= 11 is 0. The fourth-order valence-electron chi connectivity index (χ4n) is 1.29. The van der Waals surface area contributed by atoms with Crippen molar-refractivity contribution in [2.45, 2.75) is 12.9 Å². The Morgan fingerprint density at radius 2 is 2.05 bits per heavy atom. The van der Waals surface area contributed by atoms with Crippen molar-refractivity contribution in [3.8, 4) is 11.6 Å². The van der Waals surface area contributed by atoms with Crippen LogP contribution in [-0.4, -0.2) is 31.5 Å². The van der Waals surface area contributed by atoms with Crippen molar-refractivity contribution in [1.29, 1.82) is 0 Å². The first-order valence-electron chi connectivity index (χ1n) is 4.94. The van der Waals surface area contributed by atoms with Crippen LogP contribution in [0.5, 0.6) is 11.6 Å². The van der Waals surface area contributed by atoms with E-state index in [0.29, 0.717) is 0 Å². The van der Waals surface area contributed by atoms with E-state index in [0.717, 1.165) is 13.2 Å². The number of carbonyl (C=O) groups excluding carboxylic acids is 1. The molecule has 0 aliphatic rings. The second kappa shape index (κ2) is 5.74. The molecule has 1 heterocycles. The quantitative estimate of drug-likeness (QED) is 0.835.